The normalized spacial score (nSPS) is 9.93. The Morgan fingerprint density at radius 1 is 1.33 bits per heavy atom. The SMILES string of the molecule is Cc1ccc(-c2nc(C#N)c(Br)s2)cc1. The second-order valence-electron chi connectivity index (χ2n) is 3.12. The molecule has 0 radical (unpaired) electrons. The Hall–Kier alpha value is -1.18. The van der Waals surface area contributed by atoms with Gasteiger partial charge in [-0.25, -0.2) is 4.98 Å². The van der Waals surface area contributed by atoms with E-state index in [1.54, 1.807) is 0 Å². The van der Waals surface area contributed by atoms with Crippen LogP contribution in [0.4, 0.5) is 0 Å². The van der Waals surface area contributed by atoms with E-state index in [9.17, 15) is 0 Å². The molecule has 0 unspecified atom stereocenters. The van der Waals surface area contributed by atoms with E-state index in [0.29, 0.717) is 5.69 Å². The molecule has 0 bridgehead atoms. The number of halogens is 1. The molecule has 1 aromatic carbocycles. The van der Waals surface area contributed by atoms with Crippen LogP contribution in [-0.2, 0) is 0 Å². The molecule has 0 amide bonds. The van der Waals surface area contributed by atoms with E-state index >= 15 is 0 Å². The molecule has 0 fully saturated rings. The van der Waals surface area contributed by atoms with Crippen LogP contribution in [0.15, 0.2) is 28.1 Å². The summed E-state index contributed by atoms with van der Waals surface area (Å²) in [5, 5.41) is 9.66. The van der Waals surface area contributed by atoms with Crippen LogP contribution in [0.25, 0.3) is 10.6 Å². The summed E-state index contributed by atoms with van der Waals surface area (Å²) >= 11 is 4.80. The van der Waals surface area contributed by atoms with Gasteiger partial charge < -0.3 is 0 Å². The molecule has 0 aliphatic heterocycles. The fourth-order valence-corrected chi connectivity index (χ4v) is 2.58. The number of aryl methyl sites for hydroxylation is 1. The van der Waals surface area contributed by atoms with Gasteiger partial charge in [-0.05, 0) is 22.9 Å². The third-order valence-electron chi connectivity index (χ3n) is 1.99. The van der Waals surface area contributed by atoms with E-state index in [1.165, 1.54) is 16.9 Å². The minimum Gasteiger partial charge on any atom is -0.224 e. The second kappa shape index (κ2) is 4.13. The van der Waals surface area contributed by atoms with Crippen molar-refractivity contribution in [3.05, 3.63) is 39.3 Å². The summed E-state index contributed by atoms with van der Waals surface area (Å²) in [6, 6.07) is 10.2. The lowest BCUT2D eigenvalue weighted by Gasteiger charge is -1.95. The minimum atomic E-state index is 0.454. The van der Waals surface area contributed by atoms with E-state index in [0.717, 1.165) is 14.4 Å². The van der Waals surface area contributed by atoms with Gasteiger partial charge in [-0.1, -0.05) is 29.8 Å². The first kappa shape index (κ1) is 10.3. The molecule has 2 nitrogen and oxygen atoms in total. The summed E-state index contributed by atoms with van der Waals surface area (Å²) in [7, 11) is 0. The lowest BCUT2D eigenvalue weighted by atomic mass is 10.2. The van der Waals surface area contributed by atoms with Crippen molar-refractivity contribution in [2.45, 2.75) is 6.92 Å². The van der Waals surface area contributed by atoms with E-state index in [2.05, 4.69) is 20.9 Å². The Bertz CT molecular complexity index is 523. The number of hydrogen-bond acceptors (Lipinski definition) is 3. The van der Waals surface area contributed by atoms with Crippen LogP contribution in [0.3, 0.4) is 0 Å². The first-order valence-corrected chi connectivity index (χ1v) is 5.95. The zero-order valence-corrected chi connectivity index (χ0v) is 10.4. The maximum absolute atomic E-state index is 8.79. The number of rotatable bonds is 1. The van der Waals surface area contributed by atoms with Crippen molar-refractivity contribution in [1.29, 1.82) is 5.26 Å². The highest BCUT2D eigenvalue weighted by Crippen LogP contribution is 2.31. The number of nitrogens with zero attached hydrogens (tertiary/aromatic N) is 2. The predicted octanol–water partition coefficient (Wildman–Crippen LogP) is 3.75. The van der Waals surface area contributed by atoms with E-state index in [1.807, 2.05) is 37.3 Å². The molecule has 15 heavy (non-hydrogen) atoms. The Morgan fingerprint density at radius 2 is 2.00 bits per heavy atom. The Labute approximate surface area is 100 Å². The van der Waals surface area contributed by atoms with Crippen molar-refractivity contribution in [3.8, 4) is 16.6 Å². The van der Waals surface area contributed by atoms with Crippen LogP contribution in [0.5, 0.6) is 0 Å². The van der Waals surface area contributed by atoms with Gasteiger partial charge in [0.2, 0.25) is 0 Å². The molecule has 0 aliphatic carbocycles. The van der Waals surface area contributed by atoms with E-state index < -0.39 is 0 Å². The molecule has 2 rings (SSSR count). The summed E-state index contributed by atoms with van der Waals surface area (Å²) in [5.74, 6) is 0. The summed E-state index contributed by atoms with van der Waals surface area (Å²) in [6.07, 6.45) is 0. The molecule has 0 spiro atoms. The standard InChI is InChI=1S/C11H7BrN2S/c1-7-2-4-8(5-3-7)11-14-9(6-13)10(12)15-11/h2-5H,1H3. The summed E-state index contributed by atoms with van der Waals surface area (Å²) < 4.78 is 0.792. The third-order valence-corrected chi connectivity index (χ3v) is 3.74. The number of hydrogen-bond donors (Lipinski definition) is 0. The largest absolute Gasteiger partial charge is 0.224 e. The van der Waals surface area contributed by atoms with Crippen molar-refractivity contribution < 1.29 is 0 Å². The van der Waals surface area contributed by atoms with Crippen molar-refractivity contribution in [2.24, 2.45) is 0 Å². The van der Waals surface area contributed by atoms with Crippen LogP contribution in [0.1, 0.15) is 11.3 Å². The maximum Gasteiger partial charge on any atom is 0.166 e. The topological polar surface area (TPSA) is 36.7 Å². The fraction of sp³-hybridized carbons (Fsp3) is 0.0909. The smallest absolute Gasteiger partial charge is 0.166 e. The zero-order chi connectivity index (χ0) is 10.8. The average Bonchev–Trinajstić information content (AvgIpc) is 2.61. The summed E-state index contributed by atoms with van der Waals surface area (Å²) in [4.78, 5) is 4.24. The number of benzene rings is 1. The quantitative estimate of drug-likeness (QED) is 0.797. The molecular formula is C11H7BrN2S. The predicted molar refractivity (Wildman–Crippen MR) is 64.7 cm³/mol. The van der Waals surface area contributed by atoms with E-state index in [-0.39, 0.29) is 0 Å². The second-order valence-corrected chi connectivity index (χ2v) is 5.44. The molecule has 74 valence electrons. The van der Waals surface area contributed by atoms with Gasteiger partial charge in [0.15, 0.2) is 5.69 Å². The van der Waals surface area contributed by atoms with Crippen LogP contribution in [0, 0.1) is 18.3 Å². The number of nitriles is 1. The van der Waals surface area contributed by atoms with Gasteiger partial charge in [0.25, 0.3) is 0 Å². The average molecular weight is 279 g/mol. The van der Waals surface area contributed by atoms with Gasteiger partial charge in [-0.15, -0.1) is 11.3 Å². The van der Waals surface area contributed by atoms with Crippen LogP contribution < -0.4 is 0 Å². The molecule has 2 aromatic rings. The zero-order valence-electron chi connectivity index (χ0n) is 7.99. The van der Waals surface area contributed by atoms with Crippen molar-refractivity contribution >= 4 is 27.3 Å². The number of thiazole rings is 1. The lowest BCUT2D eigenvalue weighted by molar-refractivity contribution is 1.32. The van der Waals surface area contributed by atoms with Crippen LogP contribution in [-0.4, -0.2) is 4.98 Å². The van der Waals surface area contributed by atoms with Crippen molar-refractivity contribution in [2.75, 3.05) is 0 Å². The fourth-order valence-electron chi connectivity index (χ4n) is 1.19. The number of aromatic nitrogens is 1. The van der Waals surface area contributed by atoms with Gasteiger partial charge in [0.1, 0.15) is 14.9 Å². The summed E-state index contributed by atoms with van der Waals surface area (Å²) in [5.41, 5.74) is 2.72. The molecule has 0 aliphatic rings. The van der Waals surface area contributed by atoms with Crippen LogP contribution in [0.2, 0.25) is 0 Å². The molecule has 0 saturated carbocycles. The lowest BCUT2D eigenvalue weighted by Crippen LogP contribution is -1.78. The van der Waals surface area contributed by atoms with Gasteiger partial charge in [-0.2, -0.15) is 5.26 Å². The van der Waals surface area contributed by atoms with Crippen LogP contribution >= 0.6 is 27.3 Å². The molecule has 0 saturated heterocycles. The molecule has 0 N–H and O–H groups in total. The maximum atomic E-state index is 8.79. The molecule has 0 atom stereocenters. The Kier molecular flexibility index (Phi) is 2.85. The van der Waals surface area contributed by atoms with Gasteiger partial charge in [0, 0.05) is 5.56 Å². The molecule has 1 heterocycles. The molecule has 4 heteroatoms. The highest BCUT2D eigenvalue weighted by molar-refractivity contribution is 9.11. The molecular weight excluding hydrogens is 272 g/mol. The van der Waals surface area contributed by atoms with E-state index in [4.69, 9.17) is 5.26 Å². The Morgan fingerprint density at radius 3 is 2.53 bits per heavy atom. The van der Waals surface area contributed by atoms with Crippen molar-refractivity contribution in [3.63, 3.8) is 0 Å². The first-order chi connectivity index (χ1) is 7.20. The monoisotopic (exact) mass is 278 g/mol. The Balaban J connectivity index is 2.46. The third kappa shape index (κ3) is 2.09. The van der Waals surface area contributed by atoms with Gasteiger partial charge >= 0.3 is 0 Å². The van der Waals surface area contributed by atoms with Crippen molar-refractivity contribution in [1.82, 2.24) is 4.98 Å². The minimum absolute atomic E-state index is 0.454. The molecule has 1 aromatic heterocycles. The summed E-state index contributed by atoms with van der Waals surface area (Å²) in [6.45, 7) is 2.04. The van der Waals surface area contributed by atoms with Gasteiger partial charge in [-0.3, -0.25) is 0 Å². The highest BCUT2D eigenvalue weighted by atomic mass is 79.9. The van der Waals surface area contributed by atoms with Gasteiger partial charge in [0.05, 0.1) is 0 Å². The first-order valence-electron chi connectivity index (χ1n) is 4.34. The highest BCUT2D eigenvalue weighted by Gasteiger charge is 2.09.